The number of urea groups is 1. The van der Waals surface area contributed by atoms with Gasteiger partial charge in [-0.3, -0.25) is 4.90 Å². The predicted octanol–water partition coefficient (Wildman–Crippen LogP) is 2.09. The molecule has 0 spiro atoms. The molecule has 0 atom stereocenters. The Kier molecular flexibility index (Phi) is 2.52. The minimum Gasteiger partial charge on any atom is -0.338 e. The Hall–Kier alpha value is -1.55. The Morgan fingerprint density at radius 2 is 2.11 bits per heavy atom. The molecule has 0 unspecified atom stereocenters. The molecule has 2 amide bonds. The first kappa shape index (κ1) is 11.3. The largest absolute Gasteiger partial charge is 0.338 e. The molecule has 0 aromatic heterocycles. The number of carbonyl (C=O) groups excluding carboxylic acids is 1. The van der Waals surface area contributed by atoms with Gasteiger partial charge < -0.3 is 10.6 Å². The molecule has 4 nitrogen and oxygen atoms in total. The molecule has 1 aliphatic carbocycles. The second kappa shape index (κ2) is 4.23. The van der Waals surface area contributed by atoms with E-state index in [2.05, 4.69) is 22.8 Å². The summed E-state index contributed by atoms with van der Waals surface area (Å²) in [4.78, 5) is 13.9. The second-order valence-corrected chi connectivity index (χ2v) is 5.79. The molecular formula is C15H19N3O. The summed E-state index contributed by atoms with van der Waals surface area (Å²) in [5.74, 6) is 0.737. The summed E-state index contributed by atoms with van der Waals surface area (Å²) in [6.45, 7) is 3.57. The Balaban J connectivity index is 1.76. The molecule has 3 aliphatic rings. The summed E-state index contributed by atoms with van der Waals surface area (Å²) in [7, 11) is 0. The van der Waals surface area contributed by atoms with Gasteiger partial charge in [-0.2, -0.15) is 0 Å². The average molecular weight is 257 g/mol. The van der Waals surface area contributed by atoms with Crippen LogP contribution < -0.4 is 15.5 Å². The van der Waals surface area contributed by atoms with Crippen LogP contribution in [0.5, 0.6) is 0 Å². The van der Waals surface area contributed by atoms with Gasteiger partial charge in [0.1, 0.15) is 0 Å². The standard InChI is InChI=1S/C15H19N3O/c19-15-17-4-1-5-18(15)12-6-11-8-16-9-14(11)13(7-12)10-2-3-10/h6-7,10,16H,1-5,8-9H2,(H,17,19). The number of carbonyl (C=O) groups is 1. The van der Waals surface area contributed by atoms with Crippen LogP contribution in [0.15, 0.2) is 12.1 Å². The molecule has 0 radical (unpaired) electrons. The summed E-state index contributed by atoms with van der Waals surface area (Å²) >= 11 is 0. The minimum atomic E-state index is 0.0545. The molecular weight excluding hydrogens is 238 g/mol. The maximum atomic E-state index is 12.0. The van der Waals surface area contributed by atoms with Crippen molar-refractivity contribution in [1.82, 2.24) is 10.6 Å². The Morgan fingerprint density at radius 1 is 1.21 bits per heavy atom. The highest BCUT2D eigenvalue weighted by molar-refractivity contribution is 5.93. The van der Waals surface area contributed by atoms with Gasteiger partial charge in [-0.1, -0.05) is 0 Å². The van der Waals surface area contributed by atoms with Crippen LogP contribution in [0.25, 0.3) is 0 Å². The van der Waals surface area contributed by atoms with Crippen LogP contribution in [0.2, 0.25) is 0 Å². The van der Waals surface area contributed by atoms with Crippen LogP contribution in [-0.4, -0.2) is 19.1 Å². The molecule has 2 N–H and O–H groups in total. The maximum absolute atomic E-state index is 12.0. The summed E-state index contributed by atoms with van der Waals surface area (Å²) < 4.78 is 0. The molecule has 0 bridgehead atoms. The number of fused-ring (bicyclic) bond motifs is 1. The summed E-state index contributed by atoms with van der Waals surface area (Å²) in [6, 6.07) is 4.51. The first-order valence-corrected chi connectivity index (χ1v) is 7.25. The highest BCUT2D eigenvalue weighted by Gasteiger charge is 2.30. The molecule has 1 aromatic carbocycles. The fourth-order valence-electron chi connectivity index (χ4n) is 3.22. The monoisotopic (exact) mass is 257 g/mol. The van der Waals surface area contributed by atoms with E-state index in [-0.39, 0.29) is 6.03 Å². The normalized spacial score (nSPS) is 22.3. The van der Waals surface area contributed by atoms with Crippen molar-refractivity contribution in [3.05, 3.63) is 28.8 Å². The van der Waals surface area contributed by atoms with Crippen LogP contribution in [0.1, 0.15) is 41.9 Å². The number of hydrogen-bond donors (Lipinski definition) is 2. The molecule has 2 heterocycles. The number of nitrogens with one attached hydrogen (secondary N) is 2. The van der Waals surface area contributed by atoms with E-state index in [4.69, 9.17) is 0 Å². The molecule has 2 fully saturated rings. The first-order valence-electron chi connectivity index (χ1n) is 7.25. The zero-order chi connectivity index (χ0) is 12.8. The fraction of sp³-hybridized carbons (Fsp3) is 0.533. The smallest absolute Gasteiger partial charge is 0.321 e. The van der Waals surface area contributed by atoms with E-state index >= 15 is 0 Å². The van der Waals surface area contributed by atoms with E-state index in [1.54, 1.807) is 0 Å². The summed E-state index contributed by atoms with van der Waals surface area (Å²) in [6.07, 6.45) is 3.64. The van der Waals surface area contributed by atoms with Crippen molar-refractivity contribution >= 4 is 11.7 Å². The Bertz CT molecular complexity index is 536. The lowest BCUT2D eigenvalue weighted by molar-refractivity contribution is 0.243. The highest BCUT2D eigenvalue weighted by atomic mass is 16.2. The molecule has 4 rings (SSSR count). The fourth-order valence-corrected chi connectivity index (χ4v) is 3.22. The van der Waals surface area contributed by atoms with Crippen LogP contribution in [0.4, 0.5) is 10.5 Å². The van der Waals surface area contributed by atoms with Crippen molar-refractivity contribution < 1.29 is 4.79 Å². The van der Waals surface area contributed by atoms with Crippen molar-refractivity contribution in [3.63, 3.8) is 0 Å². The molecule has 1 aromatic rings. The third-order valence-electron chi connectivity index (χ3n) is 4.39. The van der Waals surface area contributed by atoms with Crippen molar-refractivity contribution in [2.75, 3.05) is 18.0 Å². The van der Waals surface area contributed by atoms with Crippen molar-refractivity contribution in [2.45, 2.75) is 38.3 Å². The Morgan fingerprint density at radius 3 is 2.89 bits per heavy atom. The average Bonchev–Trinajstić information content (AvgIpc) is 3.16. The van der Waals surface area contributed by atoms with E-state index in [1.807, 2.05) is 4.90 Å². The number of amides is 2. The zero-order valence-corrected chi connectivity index (χ0v) is 11.0. The van der Waals surface area contributed by atoms with Gasteiger partial charge in [-0.05, 0) is 54.0 Å². The second-order valence-electron chi connectivity index (χ2n) is 5.79. The van der Waals surface area contributed by atoms with Crippen LogP contribution >= 0.6 is 0 Å². The lowest BCUT2D eigenvalue weighted by atomic mass is 9.98. The van der Waals surface area contributed by atoms with E-state index in [1.165, 1.54) is 29.5 Å². The minimum absolute atomic E-state index is 0.0545. The summed E-state index contributed by atoms with van der Waals surface area (Å²) in [5, 5.41) is 6.37. The number of anilines is 1. The van der Waals surface area contributed by atoms with Gasteiger partial charge in [-0.15, -0.1) is 0 Å². The molecule has 1 saturated heterocycles. The quantitative estimate of drug-likeness (QED) is 0.852. The van der Waals surface area contributed by atoms with Crippen LogP contribution in [0.3, 0.4) is 0 Å². The van der Waals surface area contributed by atoms with Crippen molar-refractivity contribution in [1.29, 1.82) is 0 Å². The third-order valence-corrected chi connectivity index (χ3v) is 4.39. The SMILES string of the molecule is O=C1NCCCN1c1cc2c(c(C3CC3)c1)CNC2. The summed E-state index contributed by atoms with van der Waals surface area (Å²) in [5.41, 5.74) is 5.44. The first-order chi connectivity index (χ1) is 9.33. The van der Waals surface area contributed by atoms with E-state index in [9.17, 15) is 4.79 Å². The van der Waals surface area contributed by atoms with Gasteiger partial charge in [0.25, 0.3) is 0 Å². The number of rotatable bonds is 2. The van der Waals surface area contributed by atoms with E-state index in [0.717, 1.165) is 44.2 Å². The van der Waals surface area contributed by atoms with Gasteiger partial charge in [-0.25, -0.2) is 4.79 Å². The van der Waals surface area contributed by atoms with Gasteiger partial charge in [0.15, 0.2) is 0 Å². The number of nitrogens with zero attached hydrogens (tertiary/aromatic N) is 1. The van der Waals surface area contributed by atoms with Crippen LogP contribution in [-0.2, 0) is 13.1 Å². The third kappa shape index (κ3) is 1.91. The topological polar surface area (TPSA) is 44.4 Å². The zero-order valence-electron chi connectivity index (χ0n) is 11.0. The van der Waals surface area contributed by atoms with Crippen LogP contribution in [0, 0.1) is 0 Å². The van der Waals surface area contributed by atoms with Crippen molar-refractivity contribution in [2.24, 2.45) is 0 Å². The number of hydrogen-bond acceptors (Lipinski definition) is 2. The molecule has 2 aliphatic heterocycles. The van der Waals surface area contributed by atoms with Gasteiger partial charge in [0, 0.05) is 31.9 Å². The molecule has 1 saturated carbocycles. The highest BCUT2D eigenvalue weighted by Crippen LogP contribution is 2.44. The van der Waals surface area contributed by atoms with Gasteiger partial charge in [0.2, 0.25) is 0 Å². The molecule has 19 heavy (non-hydrogen) atoms. The van der Waals surface area contributed by atoms with Gasteiger partial charge in [0.05, 0.1) is 0 Å². The maximum Gasteiger partial charge on any atom is 0.321 e. The van der Waals surface area contributed by atoms with E-state index in [0.29, 0.717) is 0 Å². The Labute approximate surface area is 113 Å². The van der Waals surface area contributed by atoms with Crippen molar-refractivity contribution in [3.8, 4) is 0 Å². The molecule has 100 valence electrons. The molecule has 4 heteroatoms. The number of benzene rings is 1. The van der Waals surface area contributed by atoms with E-state index < -0.39 is 0 Å². The van der Waals surface area contributed by atoms with Gasteiger partial charge >= 0.3 is 6.03 Å². The lowest BCUT2D eigenvalue weighted by Gasteiger charge is -2.28. The lowest BCUT2D eigenvalue weighted by Crippen LogP contribution is -2.46. The predicted molar refractivity (Wildman–Crippen MR) is 74.3 cm³/mol.